The number of amides is 2. The minimum absolute atomic E-state index is 0.0676. The van der Waals surface area contributed by atoms with Gasteiger partial charge in [-0.3, -0.25) is 5.32 Å². The van der Waals surface area contributed by atoms with Crippen LogP contribution in [0, 0.1) is 5.82 Å². The highest BCUT2D eigenvalue weighted by Crippen LogP contribution is 2.28. The zero-order chi connectivity index (χ0) is 21.1. The maximum atomic E-state index is 14.5. The van der Waals surface area contributed by atoms with E-state index in [0.717, 1.165) is 15.8 Å². The molecule has 158 valence electrons. The number of thiazole rings is 1. The average Bonchev–Trinajstić information content (AvgIpc) is 3.13. The molecule has 1 aliphatic heterocycles. The van der Waals surface area contributed by atoms with Crippen molar-refractivity contribution >= 4 is 50.1 Å². The number of nitrogens with zero attached hydrogens (tertiary/aromatic N) is 4. The Bertz CT molecular complexity index is 1050. The van der Waals surface area contributed by atoms with Crippen LogP contribution in [0.15, 0.2) is 30.5 Å². The van der Waals surface area contributed by atoms with E-state index in [2.05, 4.69) is 15.3 Å². The predicted molar refractivity (Wildman–Crippen MR) is 117 cm³/mol. The fraction of sp³-hybridized carbons (Fsp3) is 0.350. The lowest BCUT2D eigenvalue weighted by atomic mass is 10.1. The van der Waals surface area contributed by atoms with Crippen molar-refractivity contribution < 1.29 is 14.3 Å². The SMILES string of the molecule is O=C(Nc1nc2ccc(Cl)cc2s1)N1CCN(c2ncc(CCCO)cc2F)CC1. The smallest absolute Gasteiger partial charge is 0.323 e. The van der Waals surface area contributed by atoms with Gasteiger partial charge in [0.2, 0.25) is 0 Å². The number of hydrogen-bond acceptors (Lipinski definition) is 6. The number of aliphatic hydroxyl groups excluding tert-OH is 1. The molecule has 10 heteroatoms. The monoisotopic (exact) mass is 449 g/mol. The van der Waals surface area contributed by atoms with E-state index >= 15 is 0 Å². The zero-order valence-electron chi connectivity index (χ0n) is 16.1. The second-order valence-electron chi connectivity index (χ2n) is 7.01. The molecule has 1 aromatic carbocycles. The number of pyridine rings is 1. The third-order valence-corrected chi connectivity index (χ3v) is 6.10. The first-order chi connectivity index (χ1) is 14.5. The molecule has 2 amide bonds. The van der Waals surface area contributed by atoms with Gasteiger partial charge in [-0.2, -0.15) is 0 Å². The van der Waals surface area contributed by atoms with E-state index in [9.17, 15) is 9.18 Å². The molecular formula is C20H21ClFN5O2S. The maximum Gasteiger partial charge on any atom is 0.323 e. The lowest BCUT2D eigenvalue weighted by Crippen LogP contribution is -2.50. The van der Waals surface area contributed by atoms with Crippen molar-refractivity contribution in [2.75, 3.05) is 43.0 Å². The number of fused-ring (bicyclic) bond motifs is 1. The number of aryl methyl sites for hydroxylation is 1. The number of hydrogen-bond donors (Lipinski definition) is 2. The van der Waals surface area contributed by atoms with Crippen LogP contribution in [0.3, 0.4) is 0 Å². The summed E-state index contributed by atoms with van der Waals surface area (Å²) in [5.74, 6) is -0.0812. The number of aliphatic hydroxyl groups is 1. The molecule has 3 aromatic rings. The molecule has 0 spiro atoms. The second kappa shape index (κ2) is 9.11. The van der Waals surface area contributed by atoms with Gasteiger partial charge in [0.1, 0.15) is 0 Å². The van der Waals surface area contributed by atoms with Gasteiger partial charge in [-0.1, -0.05) is 22.9 Å². The summed E-state index contributed by atoms with van der Waals surface area (Å²) in [6.45, 7) is 1.95. The van der Waals surface area contributed by atoms with Crippen LogP contribution in [0.5, 0.6) is 0 Å². The van der Waals surface area contributed by atoms with E-state index in [1.807, 2.05) is 17.0 Å². The van der Waals surface area contributed by atoms with Crippen LogP contribution in [0.1, 0.15) is 12.0 Å². The van der Waals surface area contributed by atoms with Crippen molar-refractivity contribution in [1.82, 2.24) is 14.9 Å². The second-order valence-corrected chi connectivity index (χ2v) is 8.48. The fourth-order valence-electron chi connectivity index (χ4n) is 3.37. The van der Waals surface area contributed by atoms with Gasteiger partial charge in [0.05, 0.1) is 10.2 Å². The number of anilines is 2. The first kappa shape index (κ1) is 20.8. The Kier molecular flexibility index (Phi) is 6.31. The van der Waals surface area contributed by atoms with E-state index in [1.54, 1.807) is 17.2 Å². The molecular weight excluding hydrogens is 429 g/mol. The Morgan fingerprint density at radius 3 is 2.80 bits per heavy atom. The standard InChI is InChI=1S/C20H21ClFN5O2S/c21-14-3-4-16-17(11-14)30-19(24-16)25-20(29)27-7-5-26(6-8-27)18-15(22)10-13(12-23-18)2-1-9-28/h3-4,10-12,28H,1-2,5-9H2,(H,24,25,29). The molecule has 3 heterocycles. The quantitative estimate of drug-likeness (QED) is 0.619. The van der Waals surface area contributed by atoms with Gasteiger partial charge in [0.15, 0.2) is 16.8 Å². The molecule has 0 unspecified atom stereocenters. The summed E-state index contributed by atoms with van der Waals surface area (Å²) >= 11 is 7.37. The van der Waals surface area contributed by atoms with E-state index in [1.165, 1.54) is 17.4 Å². The van der Waals surface area contributed by atoms with Crippen molar-refractivity contribution in [2.45, 2.75) is 12.8 Å². The van der Waals surface area contributed by atoms with E-state index in [4.69, 9.17) is 16.7 Å². The van der Waals surface area contributed by atoms with Crippen LogP contribution in [-0.2, 0) is 6.42 Å². The van der Waals surface area contributed by atoms with Crippen LogP contribution in [0.25, 0.3) is 10.2 Å². The third-order valence-electron chi connectivity index (χ3n) is 4.93. The van der Waals surface area contributed by atoms with E-state index < -0.39 is 0 Å². The third kappa shape index (κ3) is 4.63. The van der Waals surface area contributed by atoms with E-state index in [-0.39, 0.29) is 18.5 Å². The molecule has 1 fully saturated rings. The molecule has 0 radical (unpaired) electrons. The van der Waals surface area contributed by atoms with Gasteiger partial charge in [-0.25, -0.2) is 19.2 Å². The zero-order valence-corrected chi connectivity index (χ0v) is 17.7. The first-order valence-electron chi connectivity index (χ1n) is 9.66. The largest absolute Gasteiger partial charge is 0.396 e. The van der Waals surface area contributed by atoms with Crippen molar-refractivity contribution in [3.63, 3.8) is 0 Å². The lowest BCUT2D eigenvalue weighted by Gasteiger charge is -2.35. The minimum atomic E-state index is -0.378. The van der Waals surface area contributed by atoms with Gasteiger partial charge >= 0.3 is 6.03 Å². The molecule has 1 aliphatic rings. The van der Waals surface area contributed by atoms with Crippen molar-refractivity contribution in [1.29, 1.82) is 0 Å². The number of benzene rings is 1. The Morgan fingerprint density at radius 1 is 1.27 bits per heavy atom. The molecule has 2 aromatic heterocycles. The van der Waals surface area contributed by atoms with Crippen molar-refractivity contribution in [3.8, 4) is 0 Å². The van der Waals surface area contributed by atoms with Crippen LogP contribution in [0.4, 0.5) is 20.1 Å². The Labute approximate surface area is 182 Å². The van der Waals surface area contributed by atoms with Gasteiger partial charge in [-0.15, -0.1) is 0 Å². The van der Waals surface area contributed by atoms with Crippen LogP contribution >= 0.6 is 22.9 Å². The summed E-state index contributed by atoms with van der Waals surface area (Å²) in [6.07, 6.45) is 2.81. The molecule has 0 atom stereocenters. The van der Waals surface area contributed by atoms with Gasteiger partial charge in [0.25, 0.3) is 0 Å². The minimum Gasteiger partial charge on any atom is -0.396 e. The topological polar surface area (TPSA) is 81.6 Å². The molecule has 30 heavy (non-hydrogen) atoms. The number of halogens is 2. The van der Waals surface area contributed by atoms with Crippen LogP contribution in [-0.4, -0.2) is 58.8 Å². The Morgan fingerprint density at radius 2 is 2.07 bits per heavy atom. The summed E-state index contributed by atoms with van der Waals surface area (Å²) in [7, 11) is 0. The number of aromatic nitrogens is 2. The summed E-state index contributed by atoms with van der Waals surface area (Å²) in [5.41, 5.74) is 1.55. The van der Waals surface area contributed by atoms with Gasteiger partial charge in [-0.05, 0) is 42.7 Å². The van der Waals surface area contributed by atoms with Gasteiger partial charge in [0, 0.05) is 44.0 Å². The molecule has 2 N–H and O–H groups in total. The average molecular weight is 450 g/mol. The Balaban J connectivity index is 1.35. The fourth-order valence-corrected chi connectivity index (χ4v) is 4.50. The predicted octanol–water partition coefficient (Wildman–Crippen LogP) is 3.76. The summed E-state index contributed by atoms with van der Waals surface area (Å²) in [4.78, 5) is 24.8. The number of carbonyl (C=O) groups excluding carboxylic acids is 1. The summed E-state index contributed by atoms with van der Waals surface area (Å²) in [5, 5.41) is 12.9. The van der Waals surface area contributed by atoms with Crippen molar-refractivity contribution in [3.05, 3.63) is 46.9 Å². The number of rotatable bonds is 5. The number of carbonyl (C=O) groups is 1. The van der Waals surface area contributed by atoms with E-state index in [0.29, 0.717) is 55.0 Å². The lowest BCUT2D eigenvalue weighted by molar-refractivity contribution is 0.208. The summed E-state index contributed by atoms with van der Waals surface area (Å²) < 4.78 is 15.4. The van der Waals surface area contributed by atoms with Crippen LogP contribution in [0.2, 0.25) is 5.02 Å². The number of urea groups is 1. The molecule has 0 bridgehead atoms. The van der Waals surface area contributed by atoms with Crippen molar-refractivity contribution in [2.24, 2.45) is 0 Å². The highest BCUT2D eigenvalue weighted by atomic mass is 35.5. The normalized spacial score (nSPS) is 14.4. The number of piperazine rings is 1. The highest BCUT2D eigenvalue weighted by molar-refractivity contribution is 7.22. The van der Waals surface area contributed by atoms with Gasteiger partial charge < -0.3 is 14.9 Å². The molecule has 0 aliphatic carbocycles. The summed E-state index contributed by atoms with van der Waals surface area (Å²) in [6, 6.07) is 6.64. The molecule has 7 nitrogen and oxygen atoms in total. The first-order valence-corrected chi connectivity index (χ1v) is 10.8. The highest BCUT2D eigenvalue weighted by Gasteiger charge is 2.24. The number of nitrogens with one attached hydrogen (secondary N) is 1. The maximum absolute atomic E-state index is 14.5. The molecule has 4 rings (SSSR count). The van der Waals surface area contributed by atoms with Crippen LogP contribution < -0.4 is 10.2 Å². The molecule has 0 saturated carbocycles. The molecule has 1 saturated heterocycles. The Hall–Kier alpha value is -2.49.